The predicted molar refractivity (Wildman–Crippen MR) is 227 cm³/mol. The Morgan fingerprint density at radius 3 is 2.09 bits per heavy atom. The van der Waals surface area contributed by atoms with Crippen LogP contribution in [0.1, 0.15) is 80.1 Å². The van der Waals surface area contributed by atoms with Crippen molar-refractivity contribution in [1.29, 1.82) is 0 Å². The molecule has 1 aliphatic rings. The number of aliphatic hydroxyl groups is 2. The Hall–Kier alpha value is -2.91. The maximum atomic E-state index is 13.3. The number of allylic oxidation sites excluding steroid dienone is 3. The van der Waals surface area contributed by atoms with E-state index < -0.39 is 66.2 Å². The third-order valence-corrected chi connectivity index (χ3v) is 11.4. The molecule has 13 nitrogen and oxygen atoms in total. The summed E-state index contributed by atoms with van der Waals surface area (Å²) in [5, 5.41) is 22.9. The SMILES string of the molecule is COCC(C(=O)O[C@@H]1C/C=C/C=C/C(=O)O[C@H]([C@@H](C)[C@@H](O)[C@@H](C)COC(=O)C(C)N(C)C)C/C=C/[C@H](OC)C[C@H](C)C/C=C/[C@@H](OC)CC[C@@H](C)[C@@H](O)[C@@H]1C)N(C)C. The third-order valence-electron chi connectivity index (χ3n) is 11.4. The van der Waals surface area contributed by atoms with Gasteiger partial charge in [-0.3, -0.25) is 19.4 Å². The Morgan fingerprint density at radius 1 is 0.845 bits per heavy atom. The third kappa shape index (κ3) is 19.4. The van der Waals surface area contributed by atoms with Crippen molar-refractivity contribution in [3.05, 3.63) is 48.6 Å². The summed E-state index contributed by atoms with van der Waals surface area (Å²) in [6.45, 7) is 11.6. The van der Waals surface area contributed by atoms with Gasteiger partial charge in [-0.2, -0.15) is 0 Å². The average Bonchev–Trinajstić information content (AvgIpc) is 3.19. The highest BCUT2D eigenvalue weighted by Crippen LogP contribution is 2.27. The number of carbonyl (C=O) groups is 3. The molecule has 2 unspecified atom stereocenters. The molecule has 0 fully saturated rings. The van der Waals surface area contributed by atoms with Gasteiger partial charge in [-0.05, 0) is 72.6 Å². The molecule has 1 heterocycles. The molecule has 13 atom stereocenters. The topological polar surface area (TPSA) is 154 Å². The summed E-state index contributed by atoms with van der Waals surface area (Å²) < 4.78 is 34.3. The van der Waals surface area contributed by atoms with Gasteiger partial charge < -0.3 is 38.6 Å². The summed E-state index contributed by atoms with van der Waals surface area (Å²) in [5.41, 5.74) is 0. The summed E-state index contributed by atoms with van der Waals surface area (Å²) >= 11 is 0. The Balaban J connectivity index is 3.44. The van der Waals surface area contributed by atoms with Crippen LogP contribution in [-0.4, -0.2) is 149 Å². The van der Waals surface area contributed by atoms with Gasteiger partial charge in [0.05, 0.1) is 37.6 Å². The summed E-state index contributed by atoms with van der Waals surface area (Å²) in [5.74, 6) is -2.60. The van der Waals surface area contributed by atoms with Crippen LogP contribution in [-0.2, 0) is 42.8 Å². The number of hydrogen-bond acceptors (Lipinski definition) is 13. The summed E-state index contributed by atoms with van der Waals surface area (Å²) in [4.78, 5) is 42.5. The number of esters is 3. The molecule has 0 saturated carbocycles. The second-order valence-electron chi connectivity index (χ2n) is 16.6. The summed E-state index contributed by atoms with van der Waals surface area (Å²) in [7, 11) is 12.0. The van der Waals surface area contributed by atoms with Crippen LogP contribution >= 0.6 is 0 Å². The molecule has 58 heavy (non-hydrogen) atoms. The van der Waals surface area contributed by atoms with Crippen molar-refractivity contribution < 1.29 is 53.0 Å². The lowest BCUT2D eigenvalue weighted by molar-refractivity contribution is -0.162. The van der Waals surface area contributed by atoms with Gasteiger partial charge in [0, 0.05) is 58.0 Å². The maximum Gasteiger partial charge on any atom is 0.331 e. The zero-order chi connectivity index (χ0) is 43.9. The van der Waals surface area contributed by atoms with Gasteiger partial charge in [0.2, 0.25) is 0 Å². The van der Waals surface area contributed by atoms with Crippen LogP contribution in [0.15, 0.2) is 48.6 Å². The lowest BCUT2D eigenvalue weighted by Crippen LogP contribution is -2.44. The van der Waals surface area contributed by atoms with E-state index in [2.05, 4.69) is 19.1 Å². The van der Waals surface area contributed by atoms with Gasteiger partial charge in [-0.25, -0.2) is 4.79 Å². The zero-order valence-electron chi connectivity index (χ0n) is 37.7. The Bertz CT molecular complexity index is 1300. The van der Waals surface area contributed by atoms with E-state index in [9.17, 15) is 24.6 Å². The molecule has 334 valence electrons. The standard InChI is InChI=1S/C45H78N2O11/c1-30-19-17-20-36(54-12)26-25-31(2)42(49)34(5)40(58-45(52)38(29-53-11)47(9)10)22-15-14-16-24-41(48)57-39(23-18-21-37(27-30)55-13)33(4)43(50)32(3)28-56-44(51)35(6)46(7)8/h14-18,20-21,24,30-40,42-43,49-50H,19,22-23,25-29H2,1-13H3/b15-14+,20-17+,21-18+,24-16+/t30-,31-,32+,33-,34-,35?,36-,37+,38?,39+,40-,42-,43+/m1/s1. The van der Waals surface area contributed by atoms with Crippen molar-refractivity contribution in [3.8, 4) is 0 Å². The van der Waals surface area contributed by atoms with Crippen LogP contribution in [0.5, 0.6) is 0 Å². The van der Waals surface area contributed by atoms with Gasteiger partial charge >= 0.3 is 17.9 Å². The minimum Gasteiger partial charge on any atom is -0.464 e. The molecule has 0 aromatic carbocycles. The van der Waals surface area contributed by atoms with Crippen molar-refractivity contribution in [1.82, 2.24) is 9.80 Å². The van der Waals surface area contributed by atoms with Crippen molar-refractivity contribution in [3.63, 3.8) is 0 Å². The van der Waals surface area contributed by atoms with Crippen molar-refractivity contribution in [2.75, 3.05) is 62.7 Å². The number of carbonyl (C=O) groups excluding carboxylic acids is 3. The first kappa shape index (κ1) is 53.1. The minimum atomic E-state index is -0.943. The number of likely N-dealkylation sites (N-methyl/N-ethyl adjacent to an activating group) is 2. The molecule has 0 bridgehead atoms. The number of nitrogens with zero attached hydrogens (tertiary/aromatic N) is 2. The molecular weight excluding hydrogens is 744 g/mol. The number of rotatable bonds is 14. The number of methoxy groups -OCH3 is 3. The molecule has 0 spiro atoms. The van der Waals surface area contributed by atoms with Crippen LogP contribution in [0.4, 0.5) is 0 Å². The van der Waals surface area contributed by atoms with E-state index in [1.807, 2.05) is 32.9 Å². The van der Waals surface area contributed by atoms with Crippen LogP contribution in [0, 0.1) is 29.6 Å². The Labute approximate surface area is 349 Å². The lowest BCUT2D eigenvalue weighted by Gasteiger charge is -2.32. The van der Waals surface area contributed by atoms with E-state index in [1.54, 1.807) is 84.3 Å². The van der Waals surface area contributed by atoms with E-state index in [1.165, 1.54) is 13.2 Å². The fraction of sp³-hybridized carbons (Fsp3) is 0.756. The molecule has 0 saturated heterocycles. The van der Waals surface area contributed by atoms with E-state index in [0.717, 1.165) is 12.8 Å². The highest BCUT2D eigenvalue weighted by molar-refractivity contribution is 5.82. The Morgan fingerprint density at radius 2 is 1.48 bits per heavy atom. The summed E-state index contributed by atoms with van der Waals surface area (Å²) in [6, 6.07) is -1.06. The number of hydrogen-bond donors (Lipinski definition) is 2. The minimum absolute atomic E-state index is 0.0139. The normalized spacial score (nSPS) is 31.1. The quantitative estimate of drug-likeness (QED) is 0.131. The van der Waals surface area contributed by atoms with E-state index in [-0.39, 0.29) is 49.6 Å². The second kappa shape index (κ2) is 28.5. The molecule has 0 aliphatic carbocycles. The zero-order valence-corrected chi connectivity index (χ0v) is 37.7. The first-order chi connectivity index (χ1) is 27.4. The monoisotopic (exact) mass is 823 g/mol. The molecule has 0 aromatic heterocycles. The smallest absolute Gasteiger partial charge is 0.331 e. The molecule has 13 heteroatoms. The predicted octanol–water partition coefficient (Wildman–Crippen LogP) is 5.39. The largest absolute Gasteiger partial charge is 0.464 e. The van der Waals surface area contributed by atoms with Crippen molar-refractivity contribution in [2.24, 2.45) is 29.6 Å². The molecular formula is C45H78N2O11. The van der Waals surface area contributed by atoms with Gasteiger partial charge in [-0.15, -0.1) is 0 Å². The van der Waals surface area contributed by atoms with Gasteiger partial charge in [0.1, 0.15) is 24.3 Å². The number of aliphatic hydroxyl groups excluding tert-OH is 2. The van der Waals surface area contributed by atoms with Gasteiger partial charge in [-0.1, -0.05) is 77.2 Å². The van der Waals surface area contributed by atoms with Gasteiger partial charge in [0.15, 0.2) is 0 Å². The van der Waals surface area contributed by atoms with Gasteiger partial charge in [0.25, 0.3) is 0 Å². The fourth-order valence-electron chi connectivity index (χ4n) is 6.75. The lowest BCUT2D eigenvalue weighted by atomic mass is 9.85. The molecule has 0 radical (unpaired) electrons. The number of ether oxygens (including phenoxy) is 6. The highest BCUT2D eigenvalue weighted by atomic mass is 16.6. The first-order valence-electron chi connectivity index (χ1n) is 20.9. The molecule has 1 rings (SSSR count). The van der Waals surface area contributed by atoms with Crippen LogP contribution in [0.3, 0.4) is 0 Å². The van der Waals surface area contributed by atoms with E-state index in [4.69, 9.17) is 28.4 Å². The molecule has 0 amide bonds. The van der Waals surface area contributed by atoms with E-state index >= 15 is 0 Å². The van der Waals surface area contributed by atoms with Crippen LogP contribution in [0.25, 0.3) is 0 Å². The first-order valence-corrected chi connectivity index (χ1v) is 20.9. The Kier molecular flexibility index (Phi) is 26.1. The fourth-order valence-corrected chi connectivity index (χ4v) is 6.75. The molecule has 1 aliphatic heterocycles. The molecule has 2 N–H and O–H groups in total. The van der Waals surface area contributed by atoms with E-state index in [0.29, 0.717) is 19.3 Å². The average molecular weight is 823 g/mol. The highest BCUT2D eigenvalue weighted by Gasteiger charge is 2.34. The molecule has 0 aromatic rings. The van der Waals surface area contributed by atoms with Crippen LogP contribution in [0.2, 0.25) is 0 Å². The van der Waals surface area contributed by atoms with Crippen molar-refractivity contribution >= 4 is 17.9 Å². The van der Waals surface area contributed by atoms with Crippen molar-refractivity contribution in [2.45, 2.75) is 129 Å². The second-order valence-corrected chi connectivity index (χ2v) is 16.6. The number of cyclic esters (lactones) is 1. The summed E-state index contributed by atoms with van der Waals surface area (Å²) in [6.07, 6.45) is 14.7. The maximum absolute atomic E-state index is 13.3. The van der Waals surface area contributed by atoms with Crippen LogP contribution < -0.4 is 0 Å².